The Balaban J connectivity index is 1.70. The minimum Gasteiger partial charge on any atom is -0.493 e. The van der Waals surface area contributed by atoms with Gasteiger partial charge < -0.3 is 14.8 Å². The van der Waals surface area contributed by atoms with Crippen molar-refractivity contribution in [2.45, 2.75) is 6.54 Å². The normalized spacial score (nSPS) is 10.4. The number of nitrogens with zero attached hydrogens (tertiary/aromatic N) is 4. The van der Waals surface area contributed by atoms with Crippen LogP contribution in [-0.2, 0) is 11.3 Å². The highest BCUT2D eigenvalue weighted by molar-refractivity contribution is 5.90. The molecule has 8 nitrogen and oxygen atoms in total. The molecule has 26 heavy (non-hydrogen) atoms. The lowest BCUT2D eigenvalue weighted by Crippen LogP contribution is -2.20. The summed E-state index contributed by atoms with van der Waals surface area (Å²) in [5.41, 5.74) is 1.02. The number of nitrogens with one attached hydrogen (secondary N) is 1. The lowest BCUT2D eigenvalue weighted by Gasteiger charge is -2.07. The van der Waals surface area contributed by atoms with Crippen molar-refractivity contribution in [3.8, 4) is 22.9 Å². The van der Waals surface area contributed by atoms with Gasteiger partial charge in [0.05, 0.1) is 14.2 Å². The predicted octanol–water partition coefficient (Wildman–Crippen LogP) is 2.14. The number of anilines is 1. The molecule has 0 atom stereocenters. The van der Waals surface area contributed by atoms with Gasteiger partial charge in [-0.3, -0.25) is 4.79 Å². The number of methoxy groups -OCH3 is 2. The van der Waals surface area contributed by atoms with E-state index in [0.717, 1.165) is 4.80 Å². The van der Waals surface area contributed by atoms with Crippen molar-refractivity contribution in [2.75, 3.05) is 19.5 Å². The summed E-state index contributed by atoms with van der Waals surface area (Å²) in [6.45, 7) is -0.156. The van der Waals surface area contributed by atoms with E-state index in [0.29, 0.717) is 28.6 Å². The molecule has 1 N–H and O–H groups in total. The molecule has 0 radical (unpaired) electrons. The average molecular weight is 357 g/mol. The number of ether oxygens (including phenoxy) is 2. The number of aromatic nitrogens is 4. The Morgan fingerprint density at radius 1 is 1.15 bits per heavy atom. The molecule has 0 unspecified atom stereocenters. The number of hydrogen-bond acceptors (Lipinski definition) is 6. The molecule has 9 heteroatoms. The van der Waals surface area contributed by atoms with E-state index in [2.05, 4.69) is 20.7 Å². The monoisotopic (exact) mass is 357 g/mol. The molecule has 3 aromatic rings. The lowest BCUT2D eigenvalue weighted by atomic mass is 10.2. The van der Waals surface area contributed by atoms with Gasteiger partial charge in [-0.2, -0.15) is 4.80 Å². The molecule has 0 spiro atoms. The van der Waals surface area contributed by atoms with Crippen LogP contribution in [0, 0.1) is 5.82 Å². The summed E-state index contributed by atoms with van der Waals surface area (Å²) in [5.74, 6) is 0.622. The summed E-state index contributed by atoms with van der Waals surface area (Å²) in [5, 5.41) is 14.5. The first-order chi connectivity index (χ1) is 12.6. The van der Waals surface area contributed by atoms with E-state index >= 15 is 0 Å². The summed E-state index contributed by atoms with van der Waals surface area (Å²) in [6, 6.07) is 10.8. The number of rotatable bonds is 6. The van der Waals surface area contributed by atoms with Crippen molar-refractivity contribution in [3.63, 3.8) is 0 Å². The van der Waals surface area contributed by atoms with Gasteiger partial charge in [0.1, 0.15) is 12.4 Å². The molecule has 0 aliphatic carbocycles. The van der Waals surface area contributed by atoms with Gasteiger partial charge in [0.15, 0.2) is 11.5 Å². The molecule has 3 rings (SSSR count). The SMILES string of the molecule is COc1ccc(-c2nnn(CC(=O)Nc3cccc(F)c3)n2)cc1OC. The topological polar surface area (TPSA) is 91.2 Å². The van der Waals surface area contributed by atoms with E-state index in [-0.39, 0.29) is 6.54 Å². The zero-order valence-corrected chi connectivity index (χ0v) is 14.1. The maximum Gasteiger partial charge on any atom is 0.248 e. The van der Waals surface area contributed by atoms with Crippen molar-refractivity contribution in [3.05, 3.63) is 48.3 Å². The number of halogens is 1. The van der Waals surface area contributed by atoms with Gasteiger partial charge in [0.2, 0.25) is 11.7 Å². The molecular weight excluding hydrogens is 341 g/mol. The van der Waals surface area contributed by atoms with Crippen LogP contribution in [0.2, 0.25) is 0 Å². The number of hydrogen-bond donors (Lipinski definition) is 1. The molecule has 1 aromatic heterocycles. The van der Waals surface area contributed by atoms with Crippen LogP contribution in [0.4, 0.5) is 10.1 Å². The van der Waals surface area contributed by atoms with Crippen molar-refractivity contribution < 1.29 is 18.7 Å². The molecule has 0 aliphatic heterocycles. The molecule has 0 bridgehead atoms. The zero-order valence-electron chi connectivity index (χ0n) is 14.1. The van der Waals surface area contributed by atoms with Crippen LogP contribution in [0.5, 0.6) is 11.5 Å². The third-order valence-electron chi connectivity index (χ3n) is 3.49. The van der Waals surface area contributed by atoms with Crippen molar-refractivity contribution >= 4 is 11.6 Å². The van der Waals surface area contributed by atoms with Crippen molar-refractivity contribution in [1.82, 2.24) is 20.2 Å². The molecule has 134 valence electrons. The Morgan fingerprint density at radius 3 is 2.69 bits per heavy atom. The van der Waals surface area contributed by atoms with Gasteiger partial charge in [-0.15, -0.1) is 10.2 Å². The first-order valence-corrected chi connectivity index (χ1v) is 7.64. The maximum atomic E-state index is 13.1. The molecular formula is C17H16FN5O3. The average Bonchev–Trinajstić information content (AvgIpc) is 3.09. The van der Waals surface area contributed by atoms with Gasteiger partial charge in [0, 0.05) is 11.3 Å². The largest absolute Gasteiger partial charge is 0.493 e. The fourth-order valence-electron chi connectivity index (χ4n) is 2.30. The van der Waals surface area contributed by atoms with Crippen LogP contribution in [0.15, 0.2) is 42.5 Å². The van der Waals surface area contributed by atoms with Gasteiger partial charge in [-0.1, -0.05) is 6.07 Å². The second-order valence-electron chi connectivity index (χ2n) is 5.27. The number of benzene rings is 2. The maximum absolute atomic E-state index is 13.1. The van der Waals surface area contributed by atoms with E-state index in [4.69, 9.17) is 9.47 Å². The number of carbonyl (C=O) groups is 1. The van der Waals surface area contributed by atoms with Crippen LogP contribution in [0.1, 0.15) is 0 Å². The summed E-state index contributed by atoms with van der Waals surface area (Å²) in [4.78, 5) is 13.2. The number of tetrazole rings is 1. The third-order valence-corrected chi connectivity index (χ3v) is 3.49. The summed E-state index contributed by atoms with van der Waals surface area (Å²) < 4.78 is 23.6. The van der Waals surface area contributed by atoms with Gasteiger partial charge in [0.25, 0.3) is 0 Å². The van der Waals surface area contributed by atoms with E-state index in [1.807, 2.05) is 0 Å². The Labute approximate surface area is 148 Å². The highest BCUT2D eigenvalue weighted by atomic mass is 19.1. The van der Waals surface area contributed by atoms with E-state index < -0.39 is 11.7 Å². The first kappa shape index (κ1) is 17.3. The van der Waals surface area contributed by atoms with Crippen LogP contribution in [0.25, 0.3) is 11.4 Å². The van der Waals surface area contributed by atoms with Crippen molar-refractivity contribution in [1.29, 1.82) is 0 Å². The van der Waals surface area contributed by atoms with E-state index in [1.165, 1.54) is 25.3 Å². The molecule has 1 heterocycles. The Morgan fingerprint density at radius 2 is 1.96 bits per heavy atom. The minimum atomic E-state index is -0.433. The lowest BCUT2D eigenvalue weighted by molar-refractivity contribution is -0.117. The second kappa shape index (κ2) is 7.60. The van der Waals surface area contributed by atoms with Gasteiger partial charge >= 0.3 is 0 Å². The second-order valence-corrected chi connectivity index (χ2v) is 5.27. The smallest absolute Gasteiger partial charge is 0.248 e. The third kappa shape index (κ3) is 3.94. The van der Waals surface area contributed by atoms with E-state index in [9.17, 15) is 9.18 Å². The molecule has 0 aliphatic rings. The molecule has 0 fully saturated rings. The zero-order chi connectivity index (χ0) is 18.5. The molecule has 0 saturated heterocycles. The predicted molar refractivity (Wildman–Crippen MR) is 91.4 cm³/mol. The molecule has 2 aromatic carbocycles. The highest BCUT2D eigenvalue weighted by Crippen LogP contribution is 2.30. The Hall–Kier alpha value is -3.49. The Bertz CT molecular complexity index is 928. The fourth-order valence-corrected chi connectivity index (χ4v) is 2.30. The van der Waals surface area contributed by atoms with Crippen LogP contribution < -0.4 is 14.8 Å². The van der Waals surface area contributed by atoms with Crippen LogP contribution >= 0.6 is 0 Å². The standard InChI is InChI=1S/C17H16FN5O3/c1-25-14-7-6-11(8-15(14)26-2)17-20-22-23(21-17)10-16(24)19-13-5-3-4-12(18)9-13/h3-9H,10H2,1-2H3,(H,19,24). The van der Waals surface area contributed by atoms with Crippen molar-refractivity contribution in [2.24, 2.45) is 0 Å². The molecule has 1 amide bonds. The summed E-state index contributed by atoms with van der Waals surface area (Å²) in [7, 11) is 3.08. The highest BCUT2D eigenvalue weighted by Gasteiger charge is 2.12. The van der Waals surface area contributed by atoms with Crippen LogP contribution in [0.3, 0.4) is 0 Å². The van der Waals surface area contributed by atoms with E-state index in [1.54, 1.807) is 31.4 Å². The number of carbonyl (C=O) groups excluding carboxylic acids is 1. The minimum absolute atomic E-state index is 0.156. The van der Waals surface area contributed by atoms with Gasteiger partial charge in [-0.25, -0.2) is 4.39 Å². The molecule has 0 saturated carbocycles. The van der Waals surface area contributed by atoms with Gasteiger partial charge in [-0.05, 0) is 41.6 Å². The first-order valence-electron chi connectivity index (χ1n) is 7.64. The summed E-state index contributed by atoms with van der Waals surface area (Å²) in [6.07, 6.45) is 0. The summed E-state index contributed by atoms with van der Waals surface area (Å²) >= 11 is 0. The number of amides is 1. The Kier molecular flexibility index (Phi) is 5.07. The fraction of sp³-hybridized carbons (Fsp3) is 0.176. The van der Waals surface area contributed by atoms with Crippen LogP contribution in [-0.4, -0.2) is 40.3 Å². The quantitative estimate of drug-likeness (QED) is 0.727.